The Hall–Kier alpha value is -0.580. The van der Waals surface area contributed by atoms with Crippen LogP contribution < -0.4 is 0 Å². The first-order valence-corrected chi connectivity index (χ1v) is 6.97. The lowest BCUT2D eigenvalue weighted by atomic mass is 9.82. The summed E-state index contributed by atoms with van der Waals surface area (Å²) in [5.41, 5.74) is -0.156. The van der Waals surface area contributed by atoms with Crippen molar-refractivity contribution in [2.75, 3.05) is 13.1 Å². The lowest BCUT2D eigenvalue weighted by Crippen LogP contribution is -2.65. The van der Waals surface area contributed by atoms with Gasteiger partial charge in [-0.1, -0.05) is 25.4 Å². The Bertz CT molecular complexity index is 484. The molecular weight excluding hydrogens is 318 g/mol. The number of hydrogen-bond acceptors (Lipinski definition) is 2. The number of halogens is 2. The number of rotatable bonds is 2. The summed E-state index contributed by atoms with van der Waals surface area (Å²) in [6, 6.07) is 5.09. The van der Waals surface area contributed by atoms with Crippen LogP contribution in [0.5, 0.6) is 0 Å². The first kappa shape index (κ1) is 13.8. The maximum Gasteiger partial charge on any atom is 0.254 e. The van der Waals surface area contributed by atoms with E-state index in [4.69, 9.17) is 11.6 Å². The van der Waals surface area contributed by atoms with Gasteiger partial charge in [0.25, 0.3) is 5.91 Å². The molecule has 1 heterocycles. The molecule has 0 spiro atoms. The number of carbonyl (C=O) groups is 1. The normalized spacial score (nSPS) is 17.8. The molecule has 3 nitrogen and oxygen atoms in total. The van der Waals surface area contributed by atoms with Gasteiger partial charge in [0.05, 0.1) is 18.1 Å². The smallest absolute Gasteiger partial charge is 0.254 e. The van der Waals surface area contributed by atoms with Gasteiger partial charge in [-0.15, -0.1) is 0 Å². The summed E-state index contributed by atoms with van der Waals surface area (Å²) in [4.78, 5) is 13.8. The van der Waals surface area contributed by atoms with Crippen molar-refractivity contribution in [3.8, 4) is 0 Å². The van der Waals surface area contributed by atoms with Crippen molar-refractivity contribution >= 4 is 33.4 Å². The van der Waals surface area contributed by atoms with E-state index in [0.717, 1.165) is 0 Å². The summed E-state index contributed by atoms with van der Waals surface area (Å²) in [6.45, 7) is 4.70. The Morgan fingerprint density at radius 3 is 2.61 bits per heavy atom. The molecular formula is C13H15BrClNO2. The van der Waals surface area contributed by atoms with E-state index in [-0.39, 0.29) is 11.8 Å². The van der Waals surface area contributed by atoms with Gasteiger partial charge in [-0.2, -0.15) is 0 Å². The van der Waals surface area contributed by atoms with Crippen LogP contribution in [0.1, 0.15) is 24.2 Å². The third-order valence-electron chi connectivity index (χ3n) is 3.46. The zero-order valence-electron chi connectivity index (χ0n) is 10.3. The number of likely N-dealkylation sites (tertiary alicyclic amines) is 1. The van der Waals surface area contributed by atoms with E-state index < -0.39 is 5.60 Å². The molecule has 5 heteroatoms. The lowest BCUT2D eigenvalue weighted by molar-refractivity contribution is -0.110. The van der Waals surface area contributed by atoms with Crippen molar-refractivity contribution in [2.45, 2.75) is 19.4 Å². The monoisotopic (exact) mass is 331 g/mol. The minimum absolute atomic E-state index is 0.0716. The molecule has 98 valence electrons. The van der Waals surface area contributed by atoms with Crippen molar-refractivity contribution < 1.29 is 9.90 Å². The second-order valence-electron chi connectivity index (χ2n) is 5.05. The highest BCUT2D eigenvalue weighted by molar-refractivity contribution is 9.10. The predicted molar refractivity (Wildman–Crippen MR) is 74.8 cm³/mol. The summed E-state index contributed by atoms with van der Waals surface area (Å²) in [5, 5.41) is 10.7. The van der Waals surface area contributed by atoms with Crippen molar-refractivity contribution in [3.05, 3.63) is 33.3 Å². The number of β-amino-alcohol motifs (C(OH)–C–C–N with tert-alkyl or cyclic N) is 1. The average molecular weight is 333 g/mol. The van der Waals surface area contributed by atoms with E-state index in [1.165, 1.54) is 0 Å². The molecule has 1 aromatic rings. The number of aliphatic hydroxyl groups is 1. The average Bonchev–Trinajstić information content (AvgIpc) is 2.27. The highest BCUT2D eigenvalue weighted by Gasteiger charge is 2.45. The van der Waals surface area contributed by atoms with Crippen LogP contribution in [0.2, 0.25) is 5.02 Å². The Balaban J connectivity index is 2.08. The topological polar surface area (TPSA) is 40.5 Å². The van der Waals surface area contributed by atoms with Gasteiger partial charge in [0.15, 0.2) is 0 Å². The molecule has 0 aliphatic carbocycles. The molecule has 0 radical (unpaired) electrons. The Labute approximate surface area is 120 Å². The van der Waals surface area contributed by atoms with E-state index in [2.05, 4.69) is 15.9 Å². The van der Waals surface area contributed by atoms with Crippen LogP contribution in [0, 0.1) is 5.92 Å². The van der Waals surface area contributed by atoms with E-state index in [0.29, 0.717) is 28.1 Å². The van der Waals surface area contributed by atoms with Gasteiger partial charge in [0.2, 0.25) is 0 Å². The van der Waals surface area contributed by atoms with Gasteiger partial charge in [-0.3, -0.25) is 4.79 Å². The standard InChI is InChI=1S/C13H15BrClNO2/c1-8(2)13(18)6-16(7-13)12(17)9-3-4-11(15)10(14)5-9/h3-5,8,18H,6-7H2,1-2H3. The Morgan fingerprint density at radius 1 is 1.50 bits per heavy atom. The van der Waals surface area contributed by atoms with Gasteiger partial charge >= 0.3 is 0 Å². The maximum atomic E-state index is 12.2. The molecule has 1 fully saturated rings. The summed E-state index contributed by atoms with van der Waals surface area (Å²) >= 11 is 9.18. The minimum Gasteiger partial charge on any atom is -0.386 e. The fourth-order valence-corrected chi connectivity index (χ4v) is 2.43. The largest absolute Gasteiger partial charge is 0.386 e. The zero-order valence-corrected chi connectivity index (χ0v) is 12.6. The fraction of sp³-hybridized carbons (Fsp3) is 0.462. The minimum atomic E-state index is -0.737. The molecule has 0 bridgehead atoms. The van der Waals surface area contributed by atoms with Crippen molar-refractivity contribution in [2.24, 2.45) is 5.92 Å². The van der Waals surface area contributed by atoms with Gasteiger partial charge in [0.1, 0.15) is 5.60 Å². The number of benzene rings is 1. The molecule has 1 aliphatic heterocycles. The van der Waals surface area contributed by atoms with Crippen LogP contribution in [0.15, 0.2) is 22.7 Å². The van der Waals surface area contributed by atoms with E-state index in [9.17, 15) is 9.90 Å². The second kappa shape index (κ2) is 4.83. The van der Waals surface area contributed by atoms with Crippen molar-refractivity contribution in [1.82, 2.24) is 4.90 Å². The van der Waals surface area contributed by atoms with E-state index in [1.807, 2.05) is 13.8 Å². The fourth-order valence-electron chi connectivity index (χ4n) is 1.94. The van der Waals surface area contributed by atoms with Gasteiger partial charge < -0.3 is 10.0 Å². The Morgan fingerprint density at radius 2 is 2.11 bits per heavy atom. The number of amides is 1. The summed E-state index contributed by atoms with van der Waals surface area (Å²) in [6.07, 6.45) is 0. The van der Waals surface area contributed by atoms with E-state index in [1.54, 1.807) is 23.1 Å². The third-order valence-corrected chi connectivity index (χ3v) is 4.67. The molecule has 18 heavy (non-hydrogen) atoms. The lowest BCUT2D eigenvalue weighted by Gasteiger charge is -2.49. The van der Waals surface area contributed by atoms with Crippen LogP contribution >= 0.6 is 27.5 Å². The summed E-state index contributed by atoms with van der Waals surface area (Å²) in [7, 11) is 0. The van der Waals surface area contributed by atoms with E-state index >= 15 is 0 Å². The van der Waals surface area contributed by atoms with Crippen LogP contribution in [-0.2, 0) is 0 Å². The van der Waals surface area contributed by atoms with Crippen LogP contribution in [0.3, 0.4) is 0 Å². The van der Waals surface area contributed by atoms with Gasteiger partial charge in [-0.25, -0.2) is 0 Å². The molecule has 1 aromatic carbocycles. The highest BCUT2D eigenvalue weighted by atomic mass is 79.9. The van der Waals surface area contributed by atoms with Gasteiger partial charge in [0, 0.05) is 10.0 Å². The van der Waals surface area contributed by atoms with Gasteiger partial charge in [-0.05, 0) is 40.0 Å². The number of hydrogen-bond donors (Lipinski definition) is 1. The third kappa shape index (κ3) is 2.42. The van der Waals surface area contributed by atoms with Crippen molar-refractivity contribution in [1.29, 1.82) is 0 Å². The van der Waals surface area contributed by atoms with Crippen LogP contribution in [-0.4, -0.2) is 34.6 Å². The summed E-state index contributed by atoms with van der Waals surface area (Å²) < 4.78 is 0.703. The molecule has 1 aliphatic rings. The molecule has 0 unspecified atom stereocenters. The molecule has 1 N–H and O–H groups in total. The molecule has 1 saturated heterocycles. The van der Waals surface area contributed by atoms with Crippen LogP contribution in [0.25, 0.3) is 0 Å². The molecule has 2 rings (SSSR count). The molecule has 0 aromatic heterocycles. The Kier molecular flexibility index (Phi) is 3.72. The second-order valence-corrected chi connectivity index (χ2v) is 6.31. The quantitative estimate of drug-likeness (QED) is 0.904. The zero-order chi connectivity index (χ0) is 13.5. The first-order chi connectivity index (χ1) is 8.33. The van der Waals surface area contributed by atoms with Crippen molar-refractivity contribution in [3.63, 3.8) is 0 Å². The summed E-state index contributed by atoms with van der Waals surface area (Å²) in [5.74, 6) is 0.0798. The highest BCUT2D eigenvalue weighted by Crippen LogP contribution is 2.31. The number of nitrogens with zero attached hydrogens (tertiary/aromatic N) is 1. The maximum absolute atomic E-state index is 12.2. The first-order valence-electron chi connectivity index (χ1n) is 5.80. The SMILES string of the molecule is CC(C)C1(O)CN(C(=O)c2ccc(Cl)c(Br)c2)C1. The number of carbonyl (C=O) groups excluding carboxylic acids is 1. The molecule has 0 saturated carbocycles. The molecule has 1 amide bonds. The predicted octanol–water partition coefficient (Wildman–Crippen LogP) is 2.95. The molecule has 0 atom stereocenters. The van der Waals surface area contributed by atoms with Crippen LogP contribution in [0.4, 0.5) is 0 Å².